The van der Waals surface area contributed by atoms with E-state index in [4.69, 9.17) is 11.6 Å². The molecule has 3 aromatic rings. The Morgan fingerprint density at radius 1 is 1.07 bits per heavy atom. The molecule has 142 valence electrons. The largest absolute Gasteiger partial charge is 0.301 e. The highest BCUT2D eigenvalue weighted by Gasteiger charge is 2.24. The van der Waals surface area contributed by atoms with E-state index in [-0.39, 0.29) is 11.4 Å². The first-order valence-electron chi connectivity index (χ1n) is 7.70. The number of nitrogens with zero attached hydrogens (tertiary/aromatic N) is 5. The molecule has 1 heterocycles. The van der Waals surface area contributed by atoms with Gasteiger partial charge in [0.05, 0.1) is 26.6 Å². The Balaban J connectivity index is 2.10. The summed E-state index contributed by atoms with van der Waals surface area (Å²) in [4.78, 5) is 33.3. The molecule has 28 heavy (non-hydrogen) atoms. The molecule has 0 amide bonds. The van der Waals surface area contributed by atoms with Gasteiger partial charge in [-0.3, -0.25) is 30.1 Å². The van der Waals surface area contributed by atoms with Gasteiger partial charge >= 0.3 is 5.69 Å². The third-order valence-corrected chi connectivity index (χ3v) is 4.08. The van der Waals surface area contributed by atoms with Gasteiger partial charge in [0.25, 0.3) is 11.2 Å². The third-order valence-electron chi connectivity index (χ3n) is 3.76. The molecule has 0 bridgehead atoms. The Morgan fingerprint density at radius 3 is 2.43 bits per heavy atom. The van der Waals surface area contributed by atoms with Gasteiger partial charge < -0.3 is 0 Å². The van der Waals surface area contributed by atoms with Crippen LogP contribution in [0.5, 0.6) is 0 Å². The summed E-state index contributed by atoms with van der Waals surface area (Å²) in [6.07, 6.45) is 0. The monoisotopic (exact) mass is 402 g/mol. The summed E-state index contributed by atoms with van der Waals surface area (Å²) in [6.45, 7) is 1.54. The van der Waals surface area contributed by atoms with Gasteiger partial charge in [0.2, 0.25) is 0 Å². The number of aryl methyl sites for hydroxylation is 1. The van der Waals surface area contributed by atoms with Crippen LogP contribution < -0.4 is 5.56 Å². The number of benzene rings is 2. The van der Waals surface area contributed by atoms with Crippen molar-refractivity contribution in [2.45, 2.75) is 6.92 Å². The lowest BCUT2D eigenvalue weighted by molar-refractivity contribution is -0.394. The summed E-state index contributed by atoms with van der Waals surface area (Å²) in [6, 6.07) is 9.58. The molecule has 2 aromatic carbocycles. The van der Waals surface area contributed by atoms with Crippen molar-refractivity contribution in [1.82, 2.24) is 9.78 Å². The number of nitro groups is 2. The fraction of sp³-hybridized carbons (Fsp3) is 0.0625. The predicted molar refractivity (Wildman–Crippen MR) is 100 cm³/mol. The van der Waals surface area contributed by atoms with Crippen LogP contribution >= 0.6 is 11.6 Å². The molecule has 1 N–H and O–H groups in total. The van der Waals surface area contributed by atoms with E-state index >= 15 is 0 Å². The second-order valence-corrected chi connectivity index (χ2v) is 5.97. The first kappa shape index (κ1) is 18.9. The standard InChI is InChI=1S/C16H11ClN6O5/c1-9-15(19-18-12-5-3-2-4-11(12)17)16(24)21(20-9)13-7-6-10(22(25)26)8-14(13)23(27)28/h2-8,20H,1H3. The van der Waals surface area contributed by atoms with Crippen molar-refractivity contribution in [3.8, 4) is 5.69 Å². The highest BCUT2D eigenvalue weighted by molar-refractivity contribution is 6.32. The molecule has 0 aliphatic carbocycles. The Hall–Kier alpha value is -3.86. The van der Waals surface area contributed by atoms with Crippen LogP contribution in [0.4, 0.5) is 22.7 Å². The van der Waals surface area contributed by atoms with Crippen molar-refractivity contribution in [2.75, 3.05) is 0 Å². The van der Waals surface area contributed by atoms with Crippen LogP contribution in [-0.4, -0.2) is 19.6 Å². The van der Waals surface area contributed by atoms with Crippen LogP contribution in [0.25, 0.3) is 5.69 Å². The molecule has 12 heteroatoms. The number of hydrogen-bond acceptors (Lipinski definition) is 7. The van der Waals surface area contributed by atoms with Gasteiger partial charge in [-0.05, 0) is 25.1 Å². The number of hydrogen-bond donors (Lipinski definition) is 1. The zero-order valence-electron chi connectivity index (χ0n) is 14.2. The maximum atomic E-state index is 12.7. The van der Waals surface area contributed by atoms with E-state index in [0.29, 0.717) is 16.4 Å². The van der Waals surface area contributed by atoms with Gasteiger partial charge in [-0.2, -0.15) is 0 Å². The number of non-ortho nitro benzene ring substituents is 1. The first-order chi connectivity index (χ1) is 13.3. The second-order valence-electron chi connectivity index (χ2n) is 5.56. The zero-order valence-corrected chi connectivity index (χ0v) is 15.0. The van der Waals surface area contributed by atoms with Crippen molar-refractivity contribution in [3.63, 3.8) is 0 Å². The molecule has 0 saturated carbocycles. The highest BCUT2D eigenvalue weighted by Crippen LogP contribution is 2.29. The SMILES string of the molecule is Cc1[nH]n(-c2ccc([N+](=O)[O-])cc2[N+](=O)[O-])c(=O)c1N=Nc1ccccc1Cl. The number of nitrogens with one attached hydrogen (secondary N) is 1. The van der Waals surface area contributed by atoms with Gasteiger partial charge in [0, 0.05) is 6.07 Å². The van der Waals surface area contributed by atoms with Crippen molar-refractivity contribution in [1.29, 1.82) is 0 Å². The Bertz CT molecular complexity index is 1180. The highest BCUT2D eigenvalue weighted by atomic mass is 35.5. The molecule has 0 aliphatic heterocycles. The molecule has 0 spiro atoms. The van der Waals surface area contributed by atoms with Crippen molar-refractivity contribution in [3.05, 3.63) is 83.8 Å². The molecule has 0 atom stereocenters. The molecular formula is C16H11ClN6O5. The summed E-state index contributed by atoms with van der Waals surface area (Å²) in [5.74, 6) is 0. The first-order valence-corrected chi connectivity index (χ1v) is 8.08. The quantitative estimate of drug-likeness (QED) is 0.382. The van der Waals surface area contributed by atoms with Gasteiger partial charge in [-0.15, -0.1) is 10.2 Å². The fourth-order valence-corrected chi connectivity index (χ4v) is 2.60. The number of H-pyrrole nitrogens is 1. The lowest BCUT2D eigenvalue weighted by atomic mass is 10.2. The van der Waals surface area contributed by atoms with E-state index in [1.165, 1.54) is 6.92 Å². The minimum atomic E-state index is -0.810. The van der Waals surface area contributed by atoms with Gasteiger partial charge in [-0.25, -0.2) is 4.68 Å². The smallest absolute Gasteiger partial charge is 0.293 e. The van der Waals surface area contributed by atoms with Crippen molar-refractivity contribution in [2.24, 2.45) is 10.2 Å². The van der Waals surface area contributed by atoms with Gasteiger partial charge in [-0.1, -0.05) is 23.7 Å². The lowest BCUT2D eigenvalue weighted by Gasteiger charge is -2.02. The maximum Gasteiger partial charge on any atom is 0.301 e. The van der Waals surface area contributed by atoms with E-state index in [2.05, 4.69) is 15.3 Å². The van der Waals surface area contributed by atoms with Crippen LogP contribution in [0.1, 0.15) is 5.69 Å². The molecule has 1 aromatic heterocycles. The zero-order chi connectivity index (χ0) is 20.4. The maximum absolute atomic E-state index is 12.7. The summed E-state index contributed by atoms with van der Waals surface area (Å²) in [5.41, 5.74) is -1.37. The van der Waals surface area contributed by atoms with E-state index in [1.54, 1.807) is 24.3 Å². The Kier molecular flexibility index (Phi) is 5.00. The molecule has 0 radical (unpaired) electrons. The summed E-state index contributed by atoms with van der Waals surface area (Å²) in [5, 5.41) is 33.0. The van der Waals surface area contributed by atoms with Crippen LogP contribution in [0.2, 0.25) is 5.02 Å². The van der Waals surface area contributed by atoms with Crippen LogP contribution in [0.15, 0.2) is 57.5 Å². The molecule has 0 saturated heterocycles. The number of rotatable bonds is 5. The third kappa shape index (κ3) is 3.50. The lowest BCUT2D eigenvalue weighted by Crippen LogP contribution is -2.15. The van der Waals surface area contributed by atoms with Gasteiger partial charge in [0.15, 0.2) is 5.69 Å². The summed E-state index contributed by atoms with van der Waals surface area (Å²) in [7, 11) is 0. The van der Waals surface area contributed by atoms with E-state index in [1.807, 2.05) is 0 Å². The van der Waals surface area contributed by atoms with Crippen LogP contribution in [-0.2, 0) is 0 Å². The number of azo groups is 1. The summed E-state index contributed by atoms with van der Waals surface area (Å²) < 4.78 is 0.887. The van der Waals surface area contributed by atoms with E-state index in [0.717, 1.165) is 22.9 Å². The molecule has 11 nitrogen and oxygen atoms in total. The average Bonchev–Trinajstić information content (AvgIpc) is 2.94. The average molecular weight is 403 g/mol. The number of aromatic nitrogens is 2. The fourth-order valence-electron chi connectivity index (χ4n) is 2.42. The topological polar surface area (TPSA) is 149 Å². The molecule has 0 aliphatic rings. The van der Waals surface area contributed by atoms with Gasteiger partial charge in [0.1, 0.15) is 11.4 Å². The molecular weight excluding hydrogens is 392 g/mol. The number of aromatic amines is 1. The predicted octanol–water partition coefficient (Wildman–Crippen LogP) is 4.36. The molecule has 0 unspecified atom stereocenters. The second kappa shape index (κ2) is 7.40. The van der Waals surface area contributed by atoms with E-state index < -0.39 is 26.8 Å². The summed E-state index contributed by atoms with van der Waals surface area (Å²) >= 11 is 5.99. The van der Waals surface area contributed by atoms with Crippen LogP contribution in [0.3, 0.4) is 0 Å². The van der Waals surface area contributed by atoms with Crippen molar-refractivity contribution < 1.29 is 9.85 Å². The molecule has 0 fully saturated rings. The Morgan fingerprint density at radius 2 is 1.79 bits per heavy atom. The number of nitro benzene ring substituents is 2. The Labute approximate surface area is 161 Å². The minimum absolute atomic E-state index is 0.0763. The minimum Gasteiger partial charge on any atom is -0.293 e. The normalized spacial score (nSPS) is 11.1. The van der Waals surface area contributed by atoms with E-state index in [9.17, 15) is 25.0 Å². The van der Waals surface area contributed by atoms with Crippen LogP contribution in [0, 0.1) is 27.2 Å². The molecule has 3 rings (SSSR count). The van der Waals surface area contributed by atoms with Crippen molar-refractivity contribution >= 4 is 34.4 Å². The number of halogens is 1.